The molecule has 30 heavy (non-hydrogen) atoms. The first-order chi connectivity index (χ1) is 14.8. The Hall–Kier alpha value is -3.58. The summed E-state index contributed by atoms with van der Waals surface area (Å²) in [4.78, 5) is 7.22. The average molecular weight is 397 g/mol. The molecule has 0 bridgehead atoms. The third-order valence-corrected chi connectivity index (χ3v) is 5.35. The van der Waals surface area contributed by atoms with Crippen molar-refractivity contribution in [2.75, 3.05) is 31.1 Å². The Balaban J connectivity index is 1.55. The van der Waals surface area contributed by atoms with Crippen molar-refractivity contribution < 1.29 is 0 Å². The van der Waals surface area contributed by atoms with Gasteiger partial charge in [-0.15, -0.1) is 10.2 Å². The third-order valence-electron chi connectivity index (χ3n) is 5.35. The molecule has 5 rings (SSSR count). The molecule has 0 saturated carbocycles. The summed E-state index contributed by atoms with van der Waals surface area (Å²) >= 11 is 0. The van der Waals surface area contributed by atoms with E-state index in [4.69, 9.17) is 4.98 Å². The van der Waals surface area contributed by atoms with E-state index < -0.39 is 0 Å². The van der Waals surface area contributed by atoms with Gasteiger partial charge in [0.1, 0.15) is 5.69 Å². The lowest BCUT2D eigenvalue weighted by Gasteiger charge is -2.29. The summed E-state index contributed by atoms with van der Waals surface area (Å²) in [5.74, 6) is 1.50. The molecule has 1 fully saturated rings. The van der Waals surface area contributed by atoms with Gasteiger partial charge in [-0.1, -0.05) is 36.4 Å². The summed E-state index contributed by atoms with van der Waals surface area (Å²) in [5, 5.41) is 20.8. The van der Waals surface area contributed by atoms with Gasteiger partial charge in [0.25, 0.3) is 0 Å². The maximum absolute atomic E-state index is 4.94. The van der Waals surface area contributed by atoms with E-state index in [1.807, 2.05) is 43.3 Å². The molecular weight excluding hydrogens is 374 g/mol. The molecule has 1 saturated heterocycles. The second kappa shape index (κ2) is 8.04. The maximum Gasteiger partial charge on any atom is 0.183 e. The van der Waals surface area contributed by atoms with E-state index in [0.29, 0.717) is 5.82 Å². The number of anilines is 1. The van der Waals surface area contributed by atoms with Crippen molar-refractivity contribution in [2.45, 2.75) is 6.92 Å². The Bertz CT molecular complexity index is 1190. The van der Waals surface area contributed by atoms with Crippen LogP contribution in [0.4, 0.5) is 5.82 Å². The van der Waals surface area contributed by atoms with Crippen LogP contribution in [0.3, 0.4) is 0 Å². The van der Waals surface area contributed by atoms with Crippen LogP contribution in [-0.2, 0) is 0 Å². The van der Waals surface area contributed by atoms with E-state index >= 15 is 0 Å². The van der Waals surface area contributed by atoms with Crippen molar-refractivity contribution in [3.8, 4) is 11.4 Å². The smallest absolute Gasteiger partial charge is 0.183 e. The minimum absolute atomic E-state index is 0.628. The fraction of sp³-hybridized carbons (Fsp3) is 0.217. The molecule has 4 aromatic rings. The number of H-pyrrole nitrogens is 1. The number of aryl methyl sites for hydroxylation is 1. The predicted octanol–water partition coefficient (Wildman–Crippen LogP) is 3.30. The van der Waals surface area contributed by atoms with Gasteiger partial charge in [-0.05, 0) is 36.8 Å². The molecule has 1 aliphatic rings. The summed E-state index contributed by atoms with van der Waals surface area (Å²) in [6, 6.07) is 16.3. The molecule has 0 aliphatic carbocycles. The van der Waals surface area contributed by atoms with Crippen molar-refractivity contribution in [1.82, 2.24) is 30.7 Å². The zero-order valence-corrected chi connectivity index (χ0v) is 16.8. The van der Waals surface area contributed by atoms with Crippen LogP contribution < -0.4 is 10.2 Å². The van der Waals surface area contributed by atoms with E-state index in [1.165, 1.54) is 0 Å². The highest BCUT2D eigenvalue weighted by atomic mass is 15.3. The van der Waals surface area contributed by atoms with Gasteiger partial charge in [0.15, 0.2) is 11.6 Å². The number of aromatic nitrogens is 5. The first-order valence-corrected chi connectivity index (χ1v) is 10.2. The van der Waals surface area contributed by atoms with E-state index in [1.54, 1.807) is 0 Å². The van der Waals surface area contributed by atoms with Crippen molar-refractivity contribution in [1.29, 1.82) is 0 Å². The van der Waals surface area contributed by atoms with Crippen molar-refractivity contribution in [3.05, 3.63) is 65.5 Å². The Morgan fingerprint density at radius 1 is 0.967 bits per heavy atom. The number of fused-ring (bicyclic) bond motifs is 1. The lowest BCUT2D eigenvalue weighted by atomic mass is 10.1. The third kappa shape index (κ3) is 3.67. The molecule has 2 aromatic heterocycles. The fourth-order valence-electron chi connectivity index (χ4n) is 3.69. The monoisotopic (exact) mass is 397 g/mol. The highest BCUT2D eigenvalue weighted by Crippen LogP contribution is 2.26. The molecule has 0 amide bonds. The lowest BCUT2D eigenvalue weighted by molar-refractivity contribution is 0.583. The Morgan fingerprint density at radius 3 is 2.63 bits per heavy atom. The SMILES string of the molecule is Cc1n[nH]c2ccc(-c3nnc(C=Cc4ccccc4)c(N4CCNCC4)n3)cc12. The second-order valence-corrected chi connectivity index (χ2v) is 7.39. The van der Waals surface area contributed by atoms with Gasteiger partial charge in [-0.3, -0.25) is 5.10 Å². The molecule has 7 nitrogen and oxygen atoms in total. The van der Waals surface area contributed by atoms with Crippen molar-refractivity contribution in [3.63, 3.8) is 0 Å². The van der Waals surface area contributed by atoms with Crippen LogP contribution in [0.25, 0.3) is 34.4 Å². The van der Waals surface area contributed by atoms with Crippen LogP contribution in [0.2, 0.25) is 0 Å². The minimum Gasteiger partial charge on any atom is -0.352 e. The average Bonchev–Trinajstić information content (AvgIpc) is 3.19. The fourth-order valence-corrected chi connectivity index (χ4v) is 3.69. The molecule has 1 aliphatic heterocycles. The van der Waals surface area contributed by atoms with E-state index in [9.17, 15) is 0 Å². The largest absolute Gasteiger partial charge is 0.352 e. The second-order valence-electron chi connectivity index (χ2n) is 7.39. The number of hydrogen-bond donors (Lipinski definition) is 2. The van der Waals surface area contributed by atoms with Crippen LogP contribution >= 0.6 is 0 Å². The highest BCUT2D eigenvalue weighted by molar-refractivity contribution is 5.85. The molecule has 7 heteroatoms. The van der Waals surface area contributed by atoms with Gasteiger partial charge in [-0.25, -0.2) is 4.98 Å². The molecule has 0 spiro atoms. The zero-order valence-electron chi connectivity index (χ0n) is 16.8. The summed E-state index contributed by atoms with van der Waals surface area (Å²) in [6.07, 6.45) is 4.05. The maximum atomic E-state index is 4.94. The van der Waals surface area contributed by atoms with Crippen LogP contribution in [-0.4, -0.2) is 51.6 Å². The Labute approximate surface area is 174 Å². The minimum atomic E-state index is 0.628. The summed E-state index contributed by atoms with van der Waals surface area (Å²) in [7, 11) is 0. The molecule has 2 N–H and O–H groups in total. The molecule has 0 unspecified atom stereocenters. The number of hydrogen-bond acceptors (Lipinski definition) is 6. The standard InChI is InChI=1S/C23H23N7/c1-16-19-15-18(8-10-20(19)27-26-16)22-25-23(30-13-11-24-12-14-30)21(28-29-22)9-7-17-5-3-2-4-6-17/h2-10,15,24H,11-14H2,1H3,(H,26,27). The molecule has 3 heterocycles. The Morgan fingerprint density at radius 2 is 1.80 bits per heavy atom. The topological polar surface area (TPSA) is 82.6 Å². The van der Waals surface area contributed by atoms with E-state index in [2.05, 4.69) is 54.9 Å². The quantitative estimate of drug-likeness (QED) is 0.550. The first-order valence-electron chi connectivity index (χ1n) is 10.2. The van der Waals surface area contributed by atoms with Gasteiger partial charge < -0.3 is 10.2 Å². The van der Waals surface area contributed by atoms with Gasteiger partial charge in [0.2, 0.25) is 0 Å². The number of aromatic amines is 1. The lowest BCUT2D eigenvalue weighted by Crippen LogP contribution is -2.44. The van der Waals surface area contributed by atoms with Crippen LogP contribution in [0.1, 0.15) is 17.0 Å². The van der Waals surface area contributed by atoms with Gasteiger partial charge >= 0.3 is 0 Å². The van der Waals surface area contributed by atoms with Crippen LogP contribution in [0.15, 0.2) is 48.5 Å². The number of nitrogens with zero attached hydrogens (tertiary/aromatic N) is 5. The van der Waals surface area contributed by atoms with Gasteiger partial charge in [0, 0.05) is 37.1 Å². The van der Waals surface area contributed by atoms with E-state index in [0.717, 1.165) is 65.4 Å². The number of nitrogens with one attached hydrogen (secondary N) is 2. The highest BCUT2D eigenvalue weighted by Gasteiger charge is 2.18. The molecule has 0 radical (unpaired) electrons. The normalized spacial score (nSPS) is 14.6. The summed E-state index contributed by atoms with van der Waals surface area (Å²) in [5.41, 5.74) is 4.81. The van der Waals surface area contributed by atoms with Crippen molar-refractivity contribution in [2.24, 2.45) is 0 Å². The zero-order chi connectivity index (χ0) is 20.3. The van der Waals surface area contributed by atoms with Gasteiger partial charge in [0.05, 0.1) is 11.2 Å². The number of piperazine rings is 1. The predicted molar refractivity (Wildman–Crippen MR) is 120 cm³/mol. The molecular formula is C23H23N7. The Kier molecular flexibility index (Phi) is 4.94. The molecule has 2 aromatic carbocycles. The summed E-state index contributed by atoms with van der Waals surface area (Å²) < 4.78 is 0. The van der Waals surface area contributed by atoms with Crippen LogP contribution in [0, 0.1) is 6.92 Å². The molecule has 150 valence electrons. The summed E-state index contributed by atoms with van der Waals surface area (Å²) in [6.45, 7) is 5.64. The first kappa shape index (κ1) is 18.4. The number of benzene rings is 2. The molecule has 0 atom stereocenters. The van der Waals surface area contributed by atoms with Crippen molar-refractivity contribution >= 4 is 28.9 Å². The van der Waals surface area contributed by atoms with E-state index in [-0.39, 0.29) is 0 Å². The van der Waals surface area contributed by atoms with Gasteiger partial charge in [-0.2, -0.15) is 5.10 Å². The van der Waals surface area contributed by atoms with Crippen LogP contribution in [0.5, 0.6) is 0 Å². The number of rotatable bonds is 4.